The van der Waals surface area contributed by atoms with Gasteiger partial charge in [-0.3, -0.25) is 4.79 Å². The van der Waals surface area contributed by atoms with E-state index in [0.29, 0.717) is 0 Å². The Bertz CT molecular complexity index is 524. The number of fused-ring (bicyclic) bond motifs is 2. The molecule has 3 heteroatoms. The zero-order valence-electron chi connectivity index (χ0n) is 11.8. The summed E-state index contributed by atoms with van der Waals surface area (Å²) in [5.41, 5.74) is 2.25. The molecule has 0 aliphatic carbocycles. The molecular weight excluding hydrogens is 250 g/mol. The molecule has 3 nitrogen and oxygen atoms in total. The number of carbonyl (C=O) groups excluding carboxylic acids is 1. The Kier molecular flexibility index (Phi) is 3.62. The number of hydrogen-bond donors (Lipinski definition) is 1. The van der Waals surface area contributed by atoms with Gasteiger partial charge in [-0.25, -0.2) is 0 Å². The van der Waals surface area contributed by atoms with E-state index in [4.69, 9.17) is 0 Å². The molecule has 2 aliphatic rings. The summed E-state index contributed by atoms with van der Waals surface area (Å²) in [4.78, 5) is 14.4. The van der Waals surface area contributed by atoms with Gasteiger partial charge in [-0.15, -0.1) is 0 Å². The summed E-state index contributed by atoms with van der Waals surface area (Å²) in [5, 5.41) is 9.77. The lowest BCUT2D eigenvalue weighted by Gasteiger charge is -2.36. The van der Waals surface area contributed by atoms with E-state index >= 15 is 0 Å². The van der Waals surface area contributed by atoms with Crippen LogP contribution < -0.4 is 0 Å². The summed E-state index contributed by atoms with van der Waals surface area (Å²) in [6.45, 7) is 2.05. The number of benzene rings is 1. The van der Waals surface area contributed by atoms with E-state index in [9.17, 15) is 9.90 Å². The summed E-state index contributed by atoms with van der Waals surface area (Å²) < 4.78 is 0. The maximum atomic E-state index is 12.4. The third-order valence-corrected chi connectivity index (χ3v) is 4.42. The van der Waals surface area contributed by atoms with E-state index in [1.807, 2.05) is 36.1 Å². The number of amides is 1. The molecule has 3 rings (SSSR count). The van der Waals surface area contributed by atoms with Crippen LogP contribution in [0.2, 0.25) is 0 Å². The summed E-state index contributed by atoms with van der Waals surface area (Å²) in [7, 11) is 0. The van der Waals surface area contributed by atoms with Crippen molar-refractivity contribution >= 4 is 12.0 Å². The Labute approximate surface area is 119 Å². The van der Waals surface area contributed by atoms with E-state index in [0.717, 1.165) is 31.2 Å². The Balaban J connectivity index is 1.71. The lowest BCUT2D eigenvalue weighted by molar-refractivity contribution is -0.131. The molecular formula is C17H21NO2. The van der Waals surface area contributed by atoms with Gasteiger partial charge in [0.05, 0.1) is 6.10 Å². The van der Waals surface area contributed by atoms with Crippen LogP contribution in [0.5, 0.6) is 0 Å². The predicted octanol–water partition coefficient (Wildman–Crippen LogP) is 2.52. The molecule has 2 unspecified atom stereocenters. The van der Waals surface area contributed by atoms with Crippen LogP contribution in [-0.4, -0.2) is 34.1 Å². The minimum absolute atomic E-state index is 0.0888. The molecule has 2 heterocycles. The molecule has 1 N–H and O–H groups in total. The van der Waals surface area contributed by atoms with Crippen LogP contribution >= 0.6 is 0 Å². The lowest BCUT2D eigenvalue weighted by Crippen LogP contribution is -2.47. The number of aliphatic hydroxyl groups excluding tert-OH is 1. The maximum absolute atomic E-state index is 12.4. The summed E-state index contributed by atoms with van der Waals surface area (Å²) >= 11 is 0. The zero-order chi connectivity index (χ0) is 14.1. The summed E-state index contributed by atoms with van der Waals surface area (Å²) in [6.07, 6.45) is 6.88. The molecule has 0 saturated carbocycles. The van der Waals surface area contributed by atoms with Crippen molar-refractivity contribution in [1.82, 2.24) is 4.90 Å². The van der Waals surface area contributed by atoms with E-state index in [2.05, 4.69) is 6.07 Å². The highest BCUT2D eigenvalue weighted by Gasteiger charge is 2.41. The van der Waals surface area contributed by atoms with E-state index in [1.54, 1.807) is 6.08 Å². The van der Waals surface area contributed by atoms with Gasteiger partial charge in [-0.1, -0.05) is 29.8 Å². The van der Waals surface area contributed by atoms with Crippen molar-refractivity contribution in [2.24, 2.45) is 0 Å². The first kappa shape index (κ1) is 13.4. The highest BCUT2D eigenvalue weighted by molar-refractivity contribution is 5.92. The molecule has 2 bridgehead atoms. The Hall–Kier alpha value is -1.61. The Morgan fingerprint density at radius 2 is 2.00 bits per heavy atom. The lowest BCUT2D eigenvalue weighted by atomic mass is 10.00. The van der Waals surface area contributed by atoms with Crippen molar-refractivity contribution in [2.45, 2.75) is 50.8 Å². The highest BCUT2D eigenvalue weighted by atomic mass is 16.3. The van der Waals surface area contributed by atoms with E-state index in [-0.39, 0.29) is 24.1 Å². The molecule has 0 spiro atoms. The van der Waals surface area contributed by atoms with Crippen LogP contribution in [0.15, 0.2) is 30.3 Å². The van der Waals surface area contributed by atoms with Crippen LogP contribution in [0.3, 0.4) is 0 Å². The van der Waals surface area contributed by atoms with Gasteiger partial charge in [0, 0.05) is 18.2 Å². The van der Waals surface area contributed by atoms with Gasteiger partial charge in [-0.05, 0) is 44.2 Å². The molecule has 106 valence electrons. The molecule has 1 amide bonds. The fourth-order valence-electron chi connectivity index (χ4n) is 3.54. The first-order valence-corrected chi connectivity index (χ1v) is 7.38. The van der Waals surface area contributed by atoms with Crippen LogP contribution in [0.25, 0.3) is 6.08 Å². The number of hydrogen-bond acceptors (Lipinski definition) is 2. The molecule has 0 radical (unpaired) electrons. The largest absolute Gasteiger partial charge is 0.393 e. The van der Waals surface area contributed by atoms with Crippen LogP contribution in [-0.2, 0) is 4.79 Å². The number of aliphatic hydroxyl groups is 1. The molecule has 20 heavy (non-hydrogen) atoms. The topological polar surface area (TPSA) is 40.5 Å². The van der Waals surface area contributed by atoms with Gasteiger partial charge in [0.1, 0.15) is 0 Å². The van der Waals surface area contributed by atoms with Crippen molar-refractivity contribution in [3.8, 4) is 0 Å². The smallest absolute Gasteiger partial charge is 0.247 e. The van der Waals surface area contributed by atoms with Crippen LogP contribution in [0.1, 0.15) is 36.8 Å². The second kappa shape index (κ2) is 5.41. The van der Waals surface area contributed by atoms with E-state index < -0.39 is 0 Å². The number of nitrogens with zero attached hydrogens (tertiary/aromatic N) is 1. The van der Waals surface area contributed by atoms with Gasteiger partial charge >= 0.3 is 0 Å². The van der Waals surface area contributed by atoms with Crippen LogP contribution in [0, 0.1) is 6.92 Å². The quantitative estimate of drug-likeness (QED) is 0.840. The Morgan fingerprint density at radius 3 is 2.65 bits per heavy atom. The van der Waals surface area contributed by atoms with Gasteiger partial charge in [-0.2, -0.15) is 0 Å². The SMILES string of the molecule is Cc1cccc(C=CC(=O)N2C3CCC2CC(O)C3)c1. The normalized spacial score (nSPS) is 29.1. The molecule has 2 atom stereocenters. The standard InChI is InChI=1S/C17H21NO2/c1-12-3-2-4-13(9-12)5-8-17(20)18-14-6-7-15(18)11-16(19)10-14/h2-5,8-9,14-16,19H,6-7,10-11H2,1H3. The van der Waals surface area contributed by atoms with Gasteiger partial charge in [0.15, 0.2) is 0 Å². The van der Waals surface area contributed by atoms with Gasteiger partial charge in [0.2, 0.25) is 5.91 Å². The minimum atomic E-state index is -0.225. The number of aryl methyl sites for hydroxylation is 1. The van der Waals surface area contributed by atoms with Crippen molar-refractivity contribution in [1.29, 1.82) is 0 Å². The second-order valence-corrected chi connectivity index (χ2v) is 6.00. The zero-order valence-corrected chi connectivity index (χ0v) is 11.8. The molecule has 2 aliphatic heterocycles. The van der Waals surface area contributed by atoms with Crippen molar-refractivity contribution in [2.75, 3.05) is 0 Å². The predicted molar refractivity (Wildman–Crippen MR) is 79.1 cm³/mol. The van der Waals surface area contributed by atoms with Gasteiger partial charge in [0.25, 0.3) is 0 Å². The molecule has 2 saturated heterocycles. The van der Waals surface area contributed by atoms with E-state index in [1.165, 1.54) is 5.56 Å². The monoisotopic (exact) mass is 271 g/mol. The number of rotatable bonds is 2. The summed E-state index contributed by atoms with van der Waals surface area (Å²) in [6, 6.07) is 8.59. The molecule has 1 aromatic rings. The molecule has 1 aromatic carbocycles. The average Bonchev–Trinajstić information content (AvgIpc) is 2.68. The van der Waals surface area contributed by atoms with Crippen LogP contribution in [0.4, 0.5) is 0 Å². The fourth-order valence-corrected chi connectivity index (χ4v) is 3.54. The number of carbonyl (C=O) groups is 1. The average molecular weight is 271 g/mol. The molecule has 0 aromatic heterocycles. The summed E-state index contributed by atoms with van der Waals surface area (Å²) in [5.74, 6) is 0.0888. The van der Waals surface area contributed by atoms with Crippen molar-refractivity contribution in [3.63, 3.8) is 0 Å². The Morgan fingerprint density at radius 1 is 1.30 bits per heavy atom. The number of piperidine rings is 1. The fraction of sp³-hybridized carbons (Fsp3) is 0.471. The first-order chi connectivity index (χ1) is 9.63. The van der Waals surface area contributed by atoms with Gasteiger partial charge < -0.3 is 10.0 Å². The third-order valence-electron chi connectivity index (χ3n) is 4.42. The second-order valence-electron chi connectivity index (χ2n) is 6.00. The van der Waals surface area contributed by atoms with Crippen molar-refractivity contribution in [3.05, 3.63) is 41.5 Å². The molecule has 2 fully saturated rings. The maximum Gasteiger partial charge on any atom is 0.247 e. The first-order valence-electron chi connectivity index (χ1n) is 7.38. The minimum Gasteiger partial charge on any atom is -0.393 e. The van der Waals surface area contributed by atoms with Crippen molar-refractivity contribution < 1.29 is 9.90 Å². The highest BCUT2D eigenvalue weighted by Crippen LogP contribution is 2.35. The third kappa shape index (κ3) is 2.63.